The first-order chi connectivity index (χ1) is 19.3. The van der Waals surface area contributed by atoms with E-state index in [4.69, 9.17) is 0 Å². The predicted octanol–water partition coefficient (Wildman–Crippen LogP) is 3.65. The third-order valence-electron chi connectivity index (χ3n) is 6.77. The number of fused-ring (bicyclic) bond motifs is 2. The quantitative estimate of drug-likeness (QED) is 0.209. The van der Waals surface area contributed by atoms with Crippen LogP contribution in [0, 0.1) is 16.0 Å². The minimum absolute atomic E-state index is 0.164. The summed E-state index contributed by atoms with van der Waals surface area (Å²) in [6.07, 6.45) is 3.19. The lowest BCUT2D eigenvalue weighted by atomic mass is 9.84. The minimum Gasteiger partial charge on any atom is -0.325 e. The zero-order valence-electron chi connectivity index (χ0n) is 20.5. The number of nitro groups is 1. The lowest BCUT2D eigenvalue weighted by Gasteiger charge is -2.30. The molecule has 0 radical (unpaired) electrons. The SMILES string of the molecule is O=C(Cn1c2c(sc1=O)[C@@H](c1cccnc1)[C@@H]1C(=O)N(c3ccc([N+](=O)[O-])cc3)C(=O)[C@@H]1S2)Nc1ccccc1. The van der Waals surface area contributed by atoms with Gasteiger partial charge in [0, 0.05) is 41.0 Å². The van der Waals surface area contributed by atoms with Gasteiger partial charge in [-0.2, -0.15) is 0 Å². The van der Waals surface area contributed by atoms with Crippen molar-refractivity contribution in [2.45, 2.75) is 22.7 Å². The Kier molecular flexibility index (Phi) is 6.52. The number of thioether (sulfide) groups is 1. The second-order valence-electron chi connectivity index (χ2n) is 9.15. The van der Waals surface area contributed by atoms with Gasteiger partial charge in [-0.1, -0.05) is 47.4 Å². The summed E-state index contributed by atoms with van der Waals surface area (Å²) >= 11 is 2.04. The Labute approximate surface area is 234 Å². The topological polar surface area (TPSA) is 145 Å². The fourth-order valence-electron chi connectivity index (χ4n) is 5.02. The highest BCUT2D eigenvalue weighted by atomic mass is 32.2. The number of pyridine rings is 1. The number of amides is 3. The largest absolute Gasteiger partial charge is 0.325 e. The summed E-state index contributed by atoms with van der Waals surface area (Å²) in [4.78, 5) is 69.6. The summed E-state index contributed by atoms with van der Waals surface area (Å²) < 4.78 is 1.34. The first-order valence-electron chi connectivity index (χ1n) is 12.1. The van der Waals surface area contributed by atoms with Gasteiger partial charge in [-0.05, 0) is 35.9 Å². The smallest absolute Gasteiger partial charge is 0.308 e. The molecule has 2 aromatic carbocycles. The molecule has 13 heteroatoms. The van der Waals surface area contributed by atoms with Gasteiger partial charge >= 0.3 is 4.87 Å². The highest BCUT2D eigenvalue weighted by Gasteiger charge is 2.57. The molecule has 0 spiro atoms. The van der Waals surface area contributed by atoms with Gasteiger partial charge in [-0.25, -0.2) is 4.90 Å². The van der Waals surface area contributed by atoms with Gasteiger partial charge in [0.25, 0.3) is 5.69 Å². The first kappa shape index (κ1) is 25.6. The molecule has 4 heterocycles. The summed E-state index contributed by atoms with van der Waals surface area (Å²) in [5.74, 6) is -2.85. The molecule has 1 N–H and O–H groups in total. The molecule has 40 heavy (non-hydrogen) atoms. The van der Waals surface area contributed by atoms with Gasteiger partial charge in [0.05, 0.1) is 21.6 Å². The number of carbonyl (C=O) groups is 3. The number of nitrogens with zero attached hydrogens (tertiary/aromatic N) is 4. The van der Waals surface area contributed by atoms with Crippen LogP contribution in [0.1, 0.15) is 16.4 Å². The second-order valence-corrected chi connectivity index (χ2v) is 11.3. The maximum atomic E-state index is 13.8. The Bertz CT molecular complexity index is 1700. The number of imide groups is 1. The Morgan fingerprint density at radius 1 is 1.00 bits per heavy atom. The van der Waals surface area contributed by atoms with E-state index in [1.165, 1.54) is 28.8 Å². The molecule has 2 aromatic heterocycles. The number of aromatic nitrogens is 2. The number of hydrogen-bond acceptors (Lipinski definition) is 9. The van der Waals surface area contributed by atoms with Crippen LogP contribution in [0.3, 0.4) is 0 Å². The molecule has 3 atom stereocenters. The van der Waals surface area contributed by atoms with Crippen LogP contribution in [0.15, 0.2) is 88.9 Å². The van der Waals surface area contributed by atoms with Crippen LogP contribution < -0.4 is 15.1 Å². The van der Waals surface area contributed by atoms with E-state index in [0.29, 0.717) is 21.2 Å². The summed E-state index contributed by atoms with van der Waals surface area (Å²) in [5, 5.41) is 13.4. The number of carbonyl (C=O) groups excluding carboxylic acids is 3. The van der Waals surface area contributed by atoms with Crippen molar-refractivity contribution in [3.8, 4) is 0 Å². The lowest BCUT2D eigenvalue weighted by Crippen LogP contribution is -2.33. The summed E-state index contributed by atoms with van der Waals surface area (Å²) in [5.41, 5.74) is 1.31. The zero-order valence-corrected chi connectivity index (χ0v) is 22.1. The standard InChI is InChI=1S/C27H19N5O6S2/c33-19(29-16-6-2-1-3-7-16)14-30-26-23(40-27(30)36)20(15-5-4-12-28-13-15)21-22(39-26)25(35)31(24(21)34)17-8-10-18(11-9-17)32(37)38/h1-13,20-22H,14H2,(H,29,33)/t20-,21-,22+/m0/s1. The molecule has 2 aliphatic heterocycles. The van der Waals surface area contributed by atoms with Crippen molar-refractivity contribution in [3.63, 3.8) is 0 Å². The minimum atomic E-state index is -0.877. The van der Waals surface area contributed by atoms with Crippen LogP contribution in [0.25, 0.3) is 0 Å². The number of hydrogen-bond donors (Lipinski definition) is 1. The van der Waals surface area contributed by atoms with E-state index < -0.39 is 39.7 Å². The molecule has 200 valence electrons. The van der Waals surface area contributed by atoms with E-state index >= 15 is 0 Å². The number of nitrogens with one attached hydrogen (secondary N) is 1. The average molecular weight is 574 g/mol. The number of para-hydroxylation sites is 1. The number of thiazole rings is 1. The molecule has 0 saturated carbocycles. The Hall–Kier alpha value is -4.62. The highest BCUT2D eigenvalue weighted by molar-refractivity contribution is 8.00. The molecule has 0 aliphatic carbocycles. The Morgan fingerprint density at radius 2 is 1.75 bits per heavy atom. The molecule has 0 unspecified atom stereocenters. The monoisotopic (exact) mass is 573 g/mol. The van der Waals surface area contributed by atoms with Crippen LogP contribution >= 0.6 is 23.1 Å². The fraction of sp³-hybridized carbons (Fsp3) is 0.148. The van der Waals surface area contributed by atoms with Crippen molar-refractivity contribution in [2.75, 3.05) is 10.2 Å². The van der Waals surface area contributed by atoms with Crippen LogP contribution in [-0.4, -0.2) is 37.4 Å². The molecule has 11 nitrogen and oxygen atoms in total. The fourth-order valence-corrected chi connectivity index (χ4v) is 7.79. The summed E-state index contributed by atoms with van der Waals surface area (Å²) in [7, 11) is 0. The van der Waals surface area contributed by atoms with E-state index in [9.17, 15) is 29.3 Å². The average Bonchev–Trinajstić information content (AvgIpc) is 3.40. The van der Waals surface area contributed by atoms with E-state index in [-0.39, 0.29) is 22.8 Å². The molecule has 2 aliphatic rings. The van der Waals surface area contributed by atoms with Crippen molar-refractivity contribution in [2.24, 2.45) is 5.92 Å². The molecular weight excluding hydrogens is 554 g/mol. The van der Waals surface area contributed by atoms with Gasteiger partial charge in [-0.3, -0.25) is 38.8 Å². The van der Waals surface area contributed by atoms with Gasteiger partial charge in [0.1, 0.15) is 11.8 Å². The van der Waals surface area contributed by atoms with Crippen molar-refractivity contribution < 1.29 is 19.3 Å². The maximum Gasteiger partial charge on any atom is 0.308 e. The van der Waals surface area contributed by atoms with Gasteiger partial charge in [0.15, 0.2) is 0 Å². The number of rotatable bonds is 6. The van der Waals surface area contributed by atoms with Crippen molar-refractivity contribution >= 4 is 57.9 Å². The van der Waals surface area contributed by atoms with Crippen LogP contribution in [-0.2, 0) is 20.9 Å². The molecule has 4 aromatic rings. The zero-order chi connectivity index (χ0) is 28.0. The third kappa shape index (κ3) is 4.38. The molecule has 1 saturated heterocycles. The number of nitro benzene ring substituents is 1. The molecule has 3 amide bonds. The third-order valence-corrected chi connectivity index (χ3v) is 9.37. The Balaban J connectivity index is 1.39. The highest BCUT2D eigenvalue weighted by Crippen LogP contribution is 2.53. The van der Waals surface area contributed by atoms with Crippen LogP contribution in [0.5, 0.6) is 0 Å². The van der Waals surface area contributed by atoms with Gasteiger partial charge in [0.2, 0.25) is 17.7 Å². The second kappa shape index (κ2) is 10.2. The summed E-state index contributed by atoms with van der Waals surface area (Å²) in [6, 6.07) is 17.6. The lowest BCUT2D eigenvalue weighted by molar-refractivity contribution is -0.384. The summed E-state index contributed by atoms with van der Waals surface area (Å²) in [6.45, 7) is -0.266. The number of non-ortho nitro benzene ring substituents is 1. The van der Waals surface area contributed by atoms with E-state index in [1.807, 2.05) is 6.07 Å². The van der Waals surface area contributed by atoms with E-state index in [1.54, 1.807) is 48.8 Å². The van der Waals surface area contributed by atoms with Gasteiger partial charge in [-0.15, -0.1) is 0 Å². The van der Waals surface area contributed by atoms with E-state index in [0.717, 1.165) is 28.0 Å². The van der Waals surface area contributed by atoms with Crippen LogP contribution in [0.2, 0.25) is 0 Å². The normalized spacial score (nSPS) is 19.7. The Morgan fingerprint density at radius 3 is 2.42 bits per heavy atom. The van der Waals surface area contributed by atoms with Crippen molar-refractivity contribution in [3.05, 3.63) is 109 Å². The van der Waals surface area contributed by atoms with Crippen molar-refractivity contribution in [1.82, 2.24) is 9.55 Å². The predicted molar refractivity (Wildman–Crippen MR) is 148 cm³/mol. The maximum absolute atomic E-state index is 13.8. The van der Waals surface area contributed by atoms with Crippen molar-refractivity contribution in [1.29, 1.82) is 0 Å². The van der Waals surface area contributed by atoms with Crippen LogP contribution in [0.4, 0.5) is 17.1 Å². The van der Waals surface area contributed by atoms with E-state index in [2.05, 4.69) is 10.3 Å². The molecule has 0 bridgehead atoms. The molecule has 1 fully saturated rings. The number of benzene rings is 2. The van der Waals surface area contributed by atoms with Gasteiger partial charge < -0.3 is 5.32 Å². The first-order valence-corrected chi connectivity index (χ1v) is 13.8. The molecule has 6 rings (SSSR count). The molecular formula is C27H19N5O6S2. The number of anilines is 2.